The summed E-state index contributed by atoms with van der Waals surface area (Å²) < 4.78 is 39.2. The number of rotatable bonds is 5. The molecule has 164 valence electrons. The van der Waals surface area contributed by atoms with E-state index in [9.17, 15) is 8.42 Å². The molecule has 0 unspecified atom stereocenters. The number of methoxy groups -OCH3 is 1. The summed E-state index contributed by atoms with van der Waals surface area (Å²) in [6.07, 6.45) is 0. The summed E-state index contributed by atoms with van der Waals surface area (Å²) in [5, 5.41) is 3.90. The molecule has 0 radical (unpaired) electrons. The van der Waals surface area contributed by atoms with Gasteiger partial charge >= 0.3 is 0 Å². The Hall–Kier alpha value is -2.84. The first kappa shape index (κ1) is 21.4. The van der Waals surface area contributed by atoms with Crippen LogP contribution in [0.5, 0.6) is 5.75 Å². The van der Waals surface area contributed by atoms with E-state index in [-0.39, 0.29) is 4.90 Å². The molecule has 2 aromatic carbocycles. The van der Waals surface area contributed by atoms with Crippen molar-refractivity contribution in [3.63, 3.8) is 0 Å². The first-order chi connectivity index (χ1) is 14.8. The van der Waals surface area contributed by atoms with Crippen LogP contribution in [0.25, 0.3) is 11.3 Å². The largest absolute Gasteiger partial charge is 0.495 e. The molecule has 31 heavy (non-hydrogen) atoms. The molecule has 0 bridgehead atoms. The Morgan fingerprint density at radius 3 is 2.35 bits per heavy atom. The van der Waals surface area contributed by atoms with Crippen molar-refractivity contribution in [3.05, 3.63) is 59.3 Å². The highest BCUT2D eigenvalue weighted by molar-refractivity contribution is 7.89. The maximum Gasteiger partial charge on any atom is 0.246 e. The van der Waals surface area contributed by atoms with Gasteiger partial charge in [-0.2, -0.15) is 4.31 Å². The van der Waals surface area contributed by atoms with Gasteiger partial charge in [-0.3, -0.25) is 0 Å². The topological polar surface area (TPSA) is 75.9 Å². The van der Waals surface area contributed by atoms with Crippen LogP contribution >= 0.6 is 0 Å². The van der Waals surface area contributed by atoms with E-state index in [2.05, 4.69) is 42.1 Å². The molecule has 0 aliphatic carbocycles. The van der Waals surface area contributed by atoms with Crippen LogP contribution in [0.1, 0.15) is 16.8 Å². The van der Waals surface area contributed by atoms with Gasteiger partial charge in [-0.05, 0) is 56.2 Å². The fourth-order valence-electron chi connectivity index (χ4n) is 3.90. The van der Waals surface area contributed by atoms with Crippen molar-refractivity contribution in [3.8, 4) is 17.1 Å². The standard InChI is InChI=1S/C23H27N3O4S/c1-16-5-6-17(2)20(13-16)25-9-11-26(12-10-25)31(27,28)23-15-19(7-8-21(23)29-4)22-14-18(3)24-30-22/h5-8,13-15H,9-12H2,1-4H3. The Balaban J connectivity index is 1.60. The van der Waals surface area contributed by atoms with Crippen molar-refractivity contribution in [2.45, 2.75) is 25.7 Å². The highest BCUT2D eigenvalue weighted by Gasteiger charge is 2.31. The summed E-state index contributed by atoms with van der Waals surface area (Å²) in [6, 6.07) is 13.2. The molecule has 0 atom stereocenters. The zero-order chi connectivity index (χ0) is 22.2. The van der Waals surface area contributed by atoms with E-state index in [4.69, 9.17) is 9.26 Å². The van der Waals surface area contributed by atoms with Gasteiger partial charge in [0.2, 0.25) is 10.0 Å². The Kier molecular flexibility index (Phi) is 5.77. The molecule has 2 heterocycles. The number of ether oxygens (including phenoxy) is 1. The van der Waals surface area contributed by atoms with E-state index < -0.39 is 10.0 Å². The second kappa shape index (κ2) is 8.36. The second-order valence-electron chi connectivity index (χ2n) is 7.88. The Bertz CT molecular complexity index is 1200. The van der Waals surface area contributed by atoms with Crippen LogP contribution in [0.15, 0.2) is 51.9 Å². The number of anilines is 1. The smallest absolute Gasteiger partial charge is 0.246 e. The lowest BCUT2D eigenvalue weighted by atomic mass is 10.1. The molecule has 1 saturated heterocycles. The fourth-order valence-corrected chi connectivity index (χ4v) is 5.50. The van der Waals surface area contributed by atoms with Crippen LogP contribution in [0.4, 0.5) is 5.69 Å². The first-order valence-corrected chi connectivity index (χ1v) is 11.7. The highest BCUT2D eigenvalue weighted by Crippen LogP contribution is 2.33. The molecule has 8 heteroatoms. The number of piperazine rings is 1. The summed E-state index contributed by atoms with van der Waals surface area (Å²) >= 11 is 0. The Labute approximate surface area is 183 Å². The van der Waals surface area contributed by atoms with E-state index in [1.807, 2.05) is 6.92 Å². The summed E-state index contributed by atoms with van der Waals surface area (Å²) in [4.78, 5) is 2.39. The van der Waals surface area contributed by atoms with Crippen molar-refractivity contribution in [1.29, 1.82) is 0 Å². The number of hydrogen-bond acceptors (Lipinski definition) is 6. The average Bonchev–Trinajstić information content (AvgIpc) is 3.21. The van der Waals surface area contributed by atoms with Crippen LogP contribution in [0, 0.1) is 20.8 Å². The monoisotopic (exact) mass is 441 g/mol. The second-order valence-corrected chi connectivity index (χ2v) is 9.79. The van der Waals surface area contributed by atoms with E-state index in [0.29, 0.717) is 43.3 Å². The minimum atomic E-state index is -3.73. The van der Waals surface area contributed by atoms with Gasteiger partial charge in [0, 0.05) is 43.5 Å². The van der Waals surface area contributed by atoms with Crippen molar-refractivity contribution in [1.82, 2.24) is 9.46 Å². The van der Waals surface area contributed by atoms with Gasteiger partial charge in [-0.1, -0.05) is 17.3 Å². The summed E-state index contributed by atoms with van der Waals surface area (Å²) in [6.45, 7) is 8.05. The lowest BCUT2D eigenvalue weighted by Gasteiger charge is -2.36. The summed E-state index contributed by atoms with van der Waals surface area (Å²) in [5.74, 6) is 0.841. The highest BCUT2D eigenvalue weighted by atomic mass is 32.2. The molecule has 0 spiro atoms. The van der Waals surface area contributed by atoms with Crippen molar-refractivity contribution < 1.29 is 17.7 Å². The molecule has 1 aromatic heterocycles. The van der Waals surface area contributed by atoms with E-state index in [0.717, 1.165) is 11.4 Å². The van der Waals surface area contributed by atoms with Gasteiger partial charge in [0.05, 0.1) is 12.8 Å². The predicted molar refractivity (Wildman–Crippen MR) is 120 cm³/mol. The lowest BCUT2D eigenvalue weighted by Crippen LogP contribution is -2.48. The number of aryl methyl sites for hydroxylation is 3. The molecular weight excluding hydrogens is 414 g/mol. The van der Waals surface area contributed by atoms with Gasteiger partial charge < -0.3 is 14.2 Å². The molecule has 0 amide bonds. The average molecular weight is 442 g/mol. The number of benzene rings is 2. The number of aromatic nitrogens is 1. The quantitative estimate of drug-likeness (QED) is 0.600. The van der Waals surface area contributed by atoms with E-state index >= 15 is 0 Å². The molecule has 7 nitrogen and oxygen atoms in total. The maximum absolute atomic E-state index is 13.5. The first-order valence-electron chi connectivity index (χ1n) is 10.2. The third kappa shape index (κ3) is 4.18. The third-order valence-corrected chi connectivity index (χ3v) is 7.56. The SMILES string of the molecule is COc1ccc(-c2cc(C)no2)cc1S(=O)(=O)N1CCN(c2cc(C)ccc2C)CC1. The lowest BCUT2D eigenvalue weighted by molar-refractivity contribution is 0.374. The maximum atomic E-state index is 13.5. The van der Waals surface area contributed by atoms with Crippen LogP contribution in [0.3, 0.4) is 0 Å². The fraction of sp³-hybridized carbons (Fsp3) is 0.348. The zero-order valence-corrected chi connectivity index (χ0v) is 19.1. The van der Waals surface area contributed by atoms with Gasteiger partial charge in [0.15, 0.2) is 5.76 Å². The van der Waals surface area contributed by atoms with Gasteiger partial charge in [-0.15, -0.1) is 0 Å². The normalized spacial score (nSPS) is 15.3. The van der Waals surface area contributed by atoms with Crippen molar-refractivity contribution in [2.75, 3.05) is 38.2 Å². The number of sulfonamides is 1. The van der Waals surface area contributed by atoms with Crippen LogP contribution in [-0.2, 0) is 10.0 Å². The van der Waals surface area contributed by atoms with Crippen molar-refractivity contribution >= 4 is 15.7 Å². The molecule has 0 N–H and O–H groups in total. The zero-order valence-electron chi connectivity index (χ0n) is 18.3. The van der Waals surface area contributed by atoms with Crippen LogP contribution in [0.2, 0.25) is 0 Å². The van der Waals surface area contributed by atoms with Crippen LogP contribution in [-0.4, -0.2) is 51.2 Å². The molecule has 1 aliphatic rings. The van der Waals surface area contributed by atoms with Gasteiger partial charge in [0.1, 0.15) is 10.6 Å². The van der Waals surface area contributed by atoms with E-state index in [1.54, 1.807) is 24.3 Å². The predicted octanol–water partition coefficient (Wildman–Crippen LogP) is 3.79. The minimum Gasteiger partial charge on any atom is -0.495 e. The van der Waals surface area contributed by atoms with Gasteiger partial charge in [0.25, 0.3) is 0 Å². The molecule has 0 saturated carbocycles. The molecule has 3 aromatic rings. The Morgan fingerprint density at radius 1 is 0.968 bits per heavy atom. The molecule has 1 aliphatic heterocycles. The Morgan fingerprint density at radius 2 is 1.71 bits per heavy atom. The van der Waals surface area contributed by atoms with E-state index in [1.165, 1.54) is 22.5 Å². The van der Waals surface area contributed by atoms with Crippen LogP contribution < -0.4 is 9.64 Å². The molecule has 1 fully saturated rings. The number of hydrogen-bond donors (Lipinski definition) is 0. The summed E-state index contributed by atoms with van der Waals surface area (Å²) in [5.41, 5.74) is 4.93. The molecular formula is C23H27N3O4S. The summed E-state index contributed by atoms with van der Waals surface area (Å²) in [7, 11) is -2.26. The third-order valence-electron chi connectivity index (χ3n) is 5.64. The minimum absolute atomic E-state index is 0.140. The number of nitrogens with zero attached hydrogens (tertiary/aromatic N) is 3. The molecule has 4 rings (SSSR count). The van der Waals surface area contributed by atoms with Gasteiger partial charge in [-0.25, -0.2) is 8.42 Å². The van der Waals surface area contributed by atoms with Crippen molar-refractivity contribution in [2.24, 2.45) is 0 Å².